The van der Waals surface area contributed by atoms with Gasteiger partial charge in [-0.1, -0.05) is 48.8 Å². The number of thioether (sulfide) groups is 1. The lowest BCUT2D eigenvalue weighted by Gasteiger charge is -2.27. The maximum absolute atomic E-state index is 12.5. The van der Waals surface area contributed by atoms with Gasteiger partial charge >= 0.3 is 0 Å². The van der Waals surface area contributed by atoms with E-state index >= 15 is 0 Å². The second-order valence-corrected chi connectivity index (χ2v) is 11.9. The lowest BCUT2D eigenvalue weighted by atomic mass is 10.2. The number of unbranched alkanes of at least 4 members (excludes halogenated alkanes) is 1. The monoisotopic (exact) mass is 492 g/mol. The molecular weight excluding hydrogens is 468 g/mol. The normalized spacial score (nSPS) is 22.8. The molecule has 2 aromatic carbocycles. The molecule has 170 valence electrons. The number of ether oxygens (including phenoxy) is 1. The highest BCUT2D eigenvalue weighted by Gasteiger charge is 2.50. The third-order valence-electron chi connectivity index (χ3n) is 5.43. The molecule has 2 aliphatic heterocycles. The van der Waals surface area contributed by atoms with Crippen molar-refractivity contribution in [1.29, 1.82) is 0 Å². The average molecular weight is 493 g/mol. The lowest BCUT2D eigenvalue weighted by molar-refractivity contribution is -0.117. The molecule has 6 nitrogen and oxygen atoms in total. The zero-order valence-corrected chi connectivity index (χ0v) is 20.3. The molecule has 2 aromatic rings. The van der Waals surface area contributed by atoms with Gasteiger partial charge in [0.25, 0.3) is 0 Å². The summed E-state index contributed by atoms with van der Waals surface area (Å²) in [4.78, 5) is 18.7. The van der Waals surface area contributed by atoms with Crippen LogP contribution in [0, 0.1) is 6.92 Å². The number of benzene rings is 2. The Kier molecular flexibility index (Phi) is 6.83. The van der Waals surface area contributed by atoms with Crippen LogP contribution in [-0.4, -0.2) is 42.3 Å². The molecule has 0 bridgehead atoms. The highest BCUT2D eigenvalue weighted by Crippen LogP contribution is 2.45. The summed E-state index contributed by atoms with van der Waals surface area (Å²) in [6, 6.07) is 12.6. The minimum absolute atomic E-state index is 0.00321. The highest BCUT2D eigenvalue weighted by atomic mass is 35.5. The minimum atomic E-state index is -3.18. The number of rotatable bonds is 6. The summed E-state index contributed by atoms with van der Waals surface area (Å²) >= 11 is 7.68. The zero-order chi connectivity index (χ0) is 22.9. The number of hydrogen-bond donors (Lipinski definition) is 0. The molecule has 2 atom stereocenters. The number of aryl methyl sites for hydroxylation is 1. The van der Waals surface area contributed by atoms with E-state index in [4.69, 9.17) is 16.3 Å². The third-order valence-corrected chi connectivity index (χ3v) is 8.87. The molecule has 0 radical (unpaired) electrons. The first kappa shape index (κ1) is 23.1. The Labute approximate surface area is 197 Å². The first-order valence-electron chi connectivity index (χ1n) is 10.6. The predicted octanol–water partition coefficient (Wildman–Crippen LogP) is 5.23. The van der Waals surface area contributed by atoms with Crippen LogP contribution < -0.4 is 9.64 Å². The largest absolute Gasteiger partial charge is 0.455 e. The maximum atomic E-state index is 12.5. The van der Waals surface area contributed by atoms with E-state index < -0.39 is 9.84 Å². The predicted molar refractivity (Wildman–Crippen MR) is 131 cm³/mol. The summed E-state index contributed by atoms with van der Waals surface area (Å²) in [5.74, 6) is 1.05. The number of nitrogens with zero attached hydrogens (tertiary/aromatic N) is 2. The number of halogens is 1. The molecule has 4 rings (SSSR count). The number of carbonyl (C=O) groups is 1. The van der Waals surface area contributed by atoms with Gasteiger partial charge < -0.3 is 9.64 Å². The molecule has 9 heteroatoms. The molecule has 0 N–H and O–H groups in total. The van der Waals surface area contributed by atoms with Crippen LogP contribution in [0.15, 0.2) is 47.5 Å². The molecule has 0 saturated carbocycles. The van der Waals surface area contributed by atoms with Crippen molar-refractivity contribution >= 4 is 50.0 Å². The van der Waals surface area contributed by atoms with Crippen molar-refractivity contribution < 1.29 is 17.9 Å². The van der Waals surface area contributed by atoms with Crippen LogP contribution >= 0.6 is 23.4 Å². The van der Waals surface area contributed by atoms with Crippen LogP contribution in [0.1, 0.15) is 31.7 Å². The van der Waals surface area contributed by atoms with Gasteiger partial charge in [0.2, 0.25) is 5.91 Å². The summed E-state index contributed by atoms with van der Waals surface area (Å²) < 4.78 is 30.9. The summed E-state index contributed by atoms with van der Waals surface area (Å²) in [6.45, 7) is 4.00. The topological polar surface area (TPSA) is 76.0 Å². The Balaban J connectivity index is 1.76. The lowest BCUT2D eigenvalue weighted by Crippen LogP contribution is -2.38. The standard InChI is InChI=1S/C23H25ClN2O4S2/c1-3-4-8-22(27)25-23-26(19-13-32(28,29)14-21(19)31-23)18-12-16(24)9-10-20(18)30-17-7-5-6-15(2)11-17/h5-7,9-12,19,21H,3-4,8,13-14H2,1-2H3/t19-,21-/m1/s1. The van der Waals surface area contributed by atoms with E-state index in [2.05, 4.69) is 4.99 Å². The van der Waals surface area contributed by atoms with Crippen LogP contribution in [0.3, 0.4) is 0 Å². The van der Waals surface area contributed by atoms with Crippen LogP contribution in [0.2, 0.25) is 5.02 Å². The highest BCUT2D eigenvalue weighted by molar-refractivity contribution is 8.16. The first-order valence-corrected chi connectivity index (χ1v) is 13.7. The molecular formula is C23H25ClN2O4S2. The van der Waals surface area contributed by atoms with E-state index in [0.29, 0.717) is 33.8 Å². The van der Waals surface area contributed by atoms with Crippen molar-refractivity contribution in [1.82, 2.24) is 0 Å². The van der Waals surface area contributed by atoms with Gasteiger partial charge in [0.15, 0.2) is 20.8 Å². The Morgan fingerprint density at radius 3 is 2.81 bits per heavy atom. The van der Waals surface area contributed by atoms with Gasteiger partial charge in [-0.15, -0.1) is 0 Å². The van der Waals surface area contributed by atoms with Gasteiger partial charge in [-0.25, -0.2) is 8.42 Å². The molecule has 0 aromatic heterocycles. The van der Waals surface area contributed by atoms with Gasteiger partial charge in [0.05, 0.1) is 23.2 Å². The Morgan fingerprint density at radius 1 is 1.25 bits per heavy atom. The van der Waals surface area contributed by atoms with Crippen molar-refractivity contribution in [3.05, 3.63) is 53.1 Å². The van der Waals surface area contributed by atoms with Crippen LogP contribution in [0.25, 0.3) is 0 Å². The molecule has 2 fully saturated rings. The Hall–Kier alpha value is -2.03. The summed E-state index contributed by atoms with van der Waals surface area (Å²) in [5.41, 5.74) is 1.67. The SMILES string of the molecule is CCCCC(=O)N=C1S[C@@H]2CS(=O)(=O)C[C@H]2N1c1cc(Cl)ccc1Oc1cccc(C)c1. The van der Waals surface area contributed by atoms with Gasteiger partial charge in [0, 0.05) is 16.7 Å². The molecule has 1 amide bonds. The van der Waals surface area contributed by atoms with E-state index in [1.165, 1.54) is 11.8 Å². The van der Waals surface area contributed by atoms with E-state index in [0.717, 1.165) is 18.4 Å². The number of fused-ring (bicyclic) bond motifs is 1. The molecule has 0 unspecified atom stereocenters. The minimum Gasteiger partial charge on any atom is -0.455 e. The molecule has 2 aliphatic rings. The number of sulfone groups is 1. The van der Waals surface area contributed by atoms with Crippen LogP contribution in [0.4, 0.5) is 5.69 Å². The van der Waals surface area contributed by atoms with E-state index in [1.807, 2.05) is 43.0 Å². The second kappa shape index (κ2) is 9.45. The van der Waals surface area contributed by atoms with E-state index in [1.54, 1.807) is 18.2 Å². The molecule has 0 spiro atoms. The van der Waals surface area contributed by atoms with Gasteiger partial charge in [0.1, 0.15) is 5.75 Å². The van der Waals surface area contributed by atoms with E-state index in [9.17, 15) is 13.2 Å². The number of hydrogen-bond acceptors (Lipinski definition) is 5. The Bertz CT molecular complexity index is 1170. The second-order valence-electron chi connectivity index (χ2n) is 8.09. The number of aliphatic imine (C=N–C) groups is 1. The molecule has 0 aliphatic carbocycles. The van der Waals surface area contributed by atoms with Crippen LogP contribution in [-0.2, 0) is 14.6 Å². The fourth-order valence-electron chi connectivity index (χ4n) is 3.91. The maximum Gasteiger partial charge on any atom is 0.248 e. The fourth-order valence-corrected chi connectivity index (χ4v) is 8.00. The molecule has 2 saturated heterocycles. The number of carbonyl (C=O) groups excluding carboxylic acids is 1. The fraction of sp³-hybridized carbons (Fsp3) is 0.391. The zero-order valence-electron chi connectivity index (χ0n) is 18.0. The van der Waals surface area contributed by atoms with Crippen molar-refractivity contribution in [3.8, 4) is 11.5 Å². The van der Waals surface area contributed by atoms with Crippen molar-refractivity contribution in [2.45, 2.75) is 44.4 Å². The first-order chi connectivity index (χ1) is 15.3. The summed E-state index contributed by atoms with van der Waals surface area (Å²) in [6.07, 6.45) is 2.03. The number of anilines is 1. The molecule has 2 heterocycles. The molecule has 32 heavy (non-hydrogen) atoms. The van der Waals surface area contributed by atoms with Gasteiger partial charge in [-0.05, 0) is 49.2 Å². The average Bonchev–Trinajstić information content (AvgIpc) is 3.18. The number of amidine groups is 1. The summed E-state index contributed by atoms with van der Waals surface area (Å²) in [7, 11) is -3.18. The summed E-state index contributed by atoms with van der Waals surface area (Å²) in [5, 5.41) is 0.804. The quantitative estimate of drug-likeness (QED) is 0.549. The number of amides is 1. The Morgan fingerprint density at radius 2 is 2.06 bits per heavy atom. The van der Waals surface area contributed by atoms with Gasteiger partial charge in [-0.3, -0.25) is 4.79 Å². The van der Waals surface area contributed by atoms with Crippen molar-refractivity contribution in [3.63, 3.8) is 0 Å². The van der Waals surface area contributed by atoms with E-state index in [-0.39, 0.29) is 28.7 Å². The van der Waals surface area contributed by atoms with Crippen LogP contribution in [0.5, 0.6) is 11.5 Å². The van der Waals surface area contributed by atoms with Crippen molar-refractivity contribution in [2.24, 2.45) is 4.99 Å². The van der Waals surface area contributed by atoms with Crippen molar-refractivity contribution in [2.75, 3.05) is 16.4 Å². The third kappa shape index (κ3) is 5.13. The van der Waals surface area contributed by atoms with Gasteiger partial charge in [-0.2, -0.15) is 4.99 Å². The smallest absolute Gasteiger partial charge is 0.248 e.